The van der Waals surface area contributed by atoms with E-state index in [9.17, 15) is 26.4 Å². The van der Waals surface area contributed by atoms with Crippen LogP contribution in [0.15, 0.2) is 35.2 Å². The lowest BCUT2D eigenvalue weighted by atomic mass is 9.80. The smallest absolute Gasteiger partial charge is 0.299 e. The third-order valence-electron chi connectivity index (χ3n) is 6.28. The van der Waals surface area contributed by atoms with Crippen molar-refractivity contribution in [3.63, 3.8) is 0 Å². The maximum Gasteiger partial charge on any atom is 0.433 e. The number of hydrogen-bond donors (Lipinski definition) is 0. The molecule has 1 saturated carbocycles. The van der Waals surface area contributed by atoms with Crippen LogP contribution in [0.25, 0.3) is 10.9 Å². The van der Waals surface area contributed by atoms with Crippen molar-refractivity contribution < 1.29 is 26.4 Å². The number of rotatable bonds is 9. The third kappa shape index (κ3) is 6.94. The summed E-state index contributed by atoms with van der Waals surface area (Å²) in [7, 11) is -3.07. The summed E-state index contributed by atoms with van der Waals surface area (Å²) >= 11 is 1.32. The van der Waals surface area contributed by atoms with Crippen LogP contribution in [0.3, 0.4) is 0 Å². The molecule has 0 amide bonds. The van der Waals surface area contributed by atoms with Crippen LogP contribution < -0.4 is 0 Å². The Hall–Kier alpha value is -1.61. The molecule has 1 fully saturated rings. The van der Waals surface area contributed by atoms with Crippen molar-refractivity contribution in [1.82, 2.24) is 4.98 Å². The number of thioether (sulfide) groups is 1. The molecule has 0 unspecified atom stereocenters. The number of carbonyl (C=O) groups excluding carboxylic acids is 1. The highest BCUT2D eigenvalue weighted by atomic mass is 32.2. The number of alkyl halides is 3. The molecular formula is C24H30F3NO3S2. The number of sulfone groups is 1. The summed E-state index contributed by atoms with van der Waals surface area (Å²) in [5.74, 6) is 1.00. The lowest BCUT2D eigenvalue weighted by Gasteiger charge is -2.28. The Kier molecular flexibility index (Phi) is 8.48. The minimum absolute atomic E-state index is 0.0356. The number of Topliss-reactive ketones (excluding diaryl/α,β-unsaturated/α-hetero) is 1. The number of aromatic nitrogens is 1. The third-order valence-corrected chi connectivity index (χ3v) is 9.80. The van der Waals surface area contributed by atoms with E-state index in [0.29, 0.717) is 47.2 Å². The molecule has 1 heterocycles. The van der Waals surface area contributed by atoms with Crippen LogP contribution in [0.4, 0.5) is 13.2 Å². The number of halogens is 3. The van der Waals surface area contributed by atoms with Crippen LogP contribution >= 0.6 is 11.8 Å². The molecule has 1 aromatic carbocycles. The predicted octanol–water partition coefficient (Wildman–Crippen LogP) is 6.32. The summed E-state index contributed by atoms with van der Waals surface area (Å²) < 4.78 is 63.9. The van der Waals surface area contributed by atoms with Crippen molar-refractivity contribution in [2.24, 2.45) is 11.8 Å². The van der Waals surface area contributed by atoms with E-state index in [-0.39, 0.29) is 28.6 Å². The van der Waals surface area contributed by atoms with Gasteiger partial charge >= 0.3 is 6.18 Å². The number of ketones is 1. The van der Waals surface area contributed by atoms with Crippen LogP contribution in [-0.2, 0) is 20.8 Å². The molecule has 4 nitrogen and oxygen atoms in total. The largest absolute Gasteiger partial charge is 0.433 e. The summed E-state index contributed by atoms with van der Waals surface area (Å²) in [5.41, 5.74) is -0.599. The van der Waals surface area contributed by atoms with Gasteiger partial charge in [-0.2, -0.15) is 13.2 Å². The number of carbonyl (C=O) groups is 1. The second-order valence-corrected chi connectivity index (χ2v) is 12.8. The van der Waals surface area contributed by atoms with Crippen molar-refractivity contribution in [3.05, 3.63) is 36.0 Å². The van der Waals surface area contributed by atoms with E-state index in [1.165, 1.54) is 11.8 Å². The van der Waals surface area contributed by atoms with E-state index in [0.717, 1.165) is 18.9 Å². The van der Waals surface area contributed by atoms with Crippen LogP contribution in [0.5, 0.6) is 0 Å². The van der Waals surface area contributed by atoms with Crippen LogP contribution in [0, 0.1) is 11.8 Å². The number of benzene rings is 1. The monoisotopic (exact) mass is 501 g/mol. The van der Waals surface area contributed by atoms with Crippen LogP contribution in [0.1, 0.15) is 58.1 Å². The molecule has 9 heteroatoms. The first kappa shape index (κ1) is 26.0. The van der Waals surface area contributed by atoms with Gasteiger partial charge in [-0.1, -0.05) is 18.2 Å². The molecule has 0 aliphatic heterocycles. The maximum absolute atomic E-state index is 13.2. The van der Waals surface area contributed by atoms with E-state index in [1.807, 2.05) is 0 Å². The van der Waals surface area contributed by atoms with Gasteiger partial charge in [-0.05, 0) is 69.8 Å². The van der Waals surface area contributed by atoms with E-state index < -0.39 is 21.7 Å². The molecule has 1 aliphatic rings. The van der Waals surface area contributed by atoms with Crippen molar-refractivity contribution in [1.29, 1.82) is 0 Å². The molecule has 182 valence electrons. The molecule has 1 aromatic heterocycles. The molecule has 2 aromatic rings. The Morgan fingerprint density at radius 3 is 2.45 bits per heavy atom. The topological polar surface area (TPSA) is 64.1 Å². The van der Waals surface area contributed by atoms with E-state index in [2.05, 4.69) is 4.98 Å². The molecule has 1 aliphatic carbocycles. The fourth-order valence-electron chi connectivity index (χ4n) is 4.21. The number of hydrogen-bond acceptors (Lipinski definition) is 5. The van der Waals surface area contributed by atoms with Crippen molar-refractivity contribution >= 4 is 38.3 Å². The number of pyridine rings is 1. The average Bonchev–Trinajstić information content (AvgIpc) is 2.75. The van der Waals surface area contributed by atoms with Gasteiger partial charge in [-0.15, -0.1) is 11.8 Å². The second kappa shape index (κ2) is 10.8. The van der Waals surface area contributed by atoms with Gasteiger partial charge in [0.15, 0.2) is 9.84 Å². The fraction of sp³-hybridized carbons (Fsp3) is 0.583. The zero-order valence-corrected chi connectivity index (χ0v) is 20.5. The van der Waals surface area contributed by atoms with E-state index in [4.69, 9.17) is 0 Å². The summed E-state index contributed by atoms with van der Waals surface area (Å²) in [6.07, 6.45) is -0.601. The zero-order chi connectivity index (χ0) is 24.2. The number of para-hydroxylation sites is 1. The average molecular weight is 502 g/mol. The normalized spacial score (nSPS) is 19.8. The second-order valence-electron chi connectivity index (χ2n) is 9.03. The van der Waals surface area contributed by atoms with Gasteiger partial charge < -0.3 is 0 Å². The summed E-state index contributed by atoms with van der Waals surface area (Å²) in [4.78, 5) is 16.9. The SMILES string of the molecule is CC(C)S(=O)(=O)CC1CCC(C(=O)CCCSc2cc(C(F)(F)F)nc3ccccc23)CC1. The Morgan fingerprint density at radius 2 is 1.82 bits per heavy atom. The molecule has 0 saturated heterocycles. The summed E-state index contributed by atoms with van der Waals surface area (Å²) in [6, 6.07) is 7.85. The van der Waals surface area contributed by atoms with E-state index >= 15 is 0 Å². The Labute approximate surface area is 197 Å². The minimum atomic E-state index is -4.51. The Bertz CT molecular complexity index is 1080. The summed E-state index contributed by atoms with van der Waals surface area (Å²) in [5, 5.41) is 0.301. The van der Waals surface area contributed by atoms with Crippen LogP contribution in [0.2, 0.25) is 0 Å². The molecule has 0 N–H and O–H groups in total. The highest BCUT2D eigenvalue weighted by Gasteiger charge is 2.33. The first-order valence-electron chi connectivity index (χ1n) is 11.3. The van der Waals surface area contributed by atoms with Crippen molar-refractivity contribution in [3.8, 4) is 0 Å². The molecule has 0 atom stereocenters. The fourth-order valence-corrected chi connectivity index (χ4v) is 6.62. The first-order valence-corrected chi connectivity index (χ1v) is 14.0. The van der Waals surface area contributed by atoms with Crippen LogP contribution in [-0.4, -0.2) is 35.9 Å². The van der Waals surface area contributed by atoms with E-state index in [1.54, 1.807) is 38.1 Å². The lowest BCUT2D eigenvalue weighted by molar-refractivity contribution is -0.141. The zero-order valence-electron chi connectivity index (χ0n) is 18.9. The standard InChI is InChI=1S/C24H30F3NO3S2/c1-16(2)33(30,31)15-17-9-11-18(12-10-17)21(29)8-5-13-32-22-14-23(24(25,26)27)28-20-7-4-3-6-19(20)22/h3-4,6-7,14,16-18H,5,8-13,15H2,1-2H3. The van der Waals surface area contributed by atoms with Gasteiger partial charge in [0.1, 0.15) is 11.5 Å². The minimum Gasteiger partial charge on any atom is -0.299 e. The maximum atomic E-state index is 13.2. The molecule has 3 rings (SSSR count). The quantitative estimate of drug-likeness (QED) is 0.297. The van der Waals surface area contributed by atoms with Gasteiger partial charge in [0.05, 0.1) is 16.5 Å². The van der Waals surface area contributed by atoms with Crippen molar-refractivity contribution in [2.75, 3.05) is 11.5 Å². The molecule has 0 radical (unpaired) electrons. The summed E-state index contributed by atoms with van der Waals surface area (Å²) in [6.45, 7) is 3.39. The Morgan fingerprint density at radius 1 is 1.15 bits per heavy atom. The number of fused-ring (bicyclic) bond motifs is 1. The van der Waals surface area contributed by atoms with Crippen molar-refractivity contribution in [2.45, 2.75) is 68.7 Å². The molecule has 0 spiro atoms. The van der Waals surface area contributed by atoms with Gasteiger partial charge in [0.2, 0.25) is 0 Å². The lowest BCUT2D eigenvalue weighted by Crippen LogP contribution is -2.28. The molecule has 0 bridgehead atoms. The molecule has 33 heavy (non-hydrogen) atoms. The van der Waals surface area contributed by atoms with Gasteiger partial charge in [0.25, 0.3) is 0 Å². The van der Waals surface area contributed by atoms with Gasteiger partial charge in [-0.3, -0.25) is 4.79 Å². The first-order chi connectivity index (χ1) is 15.5. The molecular weight excluding hydrogens is 471 g/mol. The Balaban J connectivity index is 1.50. The highest BCUT2D eigenvalue weighted by molar-refractivity contribution is 7.99. The number of nitrogens with zero attached hydrogens (tertiary/aromatic N) is 1. The highest BCUT2D eigenvalue weighted by Crippen LogP contribution is 2.36. The van der Waals surface area contributed by atoms with Gasteiger partial charge in [0, 0.05) is 22.6 Å². The predicted molar refractivity (Wildman–Crippen MR) is 126 cm³/mol. The van der Waals surface area contributed by atoms with Gasteiger partial charge in [-0.25, -0.2) is 13.4 Å².